The number of carboxylic acids is 1. The number of benzene rings is 2. The number of aliphatic carboxylic acids is 1. The second kappa shape index (κ2) is 13.6. The number of amides is 1. The first kappa shape index (κ1) is 27.1. The Morgan fingerprint density at radius 1 is 1.03 bits per heavy atom. The van der Waals surface area contributed by atoms with E-state index in [1.165, 1.54) is 10.2 Å². The van der Waals surface area contributed by atoms with E-state index in [2.05, 4.69) is 20.8 Å². The number of carboxylic acid groups (broad SMARTS) is 1. The molecule has 0 aliphatic rings. The van der Waals surface area contributed by atoms with Crippen LogP contribution in [0.25, 0.3) is 0 Å². The van der Waals surface area contributed by atoms with Crippen molar-refractivity contribution in [3.63, 3.8) is 0 Å². The second-order valence-electron chi connectivity index (χ2n) is 7.97. The molecule has 0 saturated heterocycles. The van der Waals surface area contributed by atoms with Crippen LogP contribution >= 0.6 is 23.2 Å². The second-order valence-corrected chi connectivity index (χ2v) is 8.78. The summed E-state index contributed by atoms with van der Waals surface area (Å²) in [5.41, 5.74) is 1.77. The number of halogens is 2. The largest absolute Gasteiger partial charge is 0.481 e. The van der Waals surface area contributed by atoms with Crippen molar-refractivity contribution >= 4 is 41.0 Å². The summed E-state index contributed by atoms with van der Waals surface area (Å²) in [7, 11) is 0. The molecule has 0 spiro atoms. The highest BCUT2D eigenvalue weighted by Gasteiger charge is 2.26. The summed E-state index contributed by atoms with van der Waals surface area (Å²) in [5, 5.41) is 23.7. The van der Waals surface area contributed by atoms with Crippen LogP contribution in [0.5, 0.6) is 0 Å². The summed E-state index contributed by atoms with van der Waals surface area (Å²) in [6.45, 7) is -0.220. The lowest BCUT2D eigenvalue weighted by Crippen LogP contribution is -2.44. The molecule has 12 heteroatoms. The average molecular weight is 534 g/mol. The molecule has 36 heavy (non-hydrogen) atoms. The van der Waals surface area contributed by atoms with Crippen molar-refractivity contribution in [2.24, 2.45) is 0 Å². The number of ketones is 1. The van der Waals surface area contributed by atoms with Crippen LogP contribution < -0.4 is 5.32 Å². The van der Waals surface area contributed by atoms with E-state index in [0.29, 0.717) is 27.9 Å². The lowest BCUT2D eigenvalue weighted by atomic mass is 10.1. The van der Waals surface area contributed by atoms with Crippen LogP contribution in [0.15, 0.2) is 48.5 Å². The Kier molecular flexibility index (Phi) is 10.2. The SMILES string of the molecule is O=C(O)CC(NC(=O)OCCCCc1ccccc1)C(=O)Cn1nnnc1Cc1c(Cl)cccc1Cl. The molecule has 2 N–H and O–H groups in total. The first-order valence-electron chi connectivity index (χ1n) is 11.2. The average Bonchev–Trinajstić information content (AvgIpc) is 3.27. The third-order valence-electron chi connectivity index (χ3n) is 5.30. The van der Waals surface area contributed by atoms with E-state index in [1.807, 2.05) is 30.3 Å². The fourth-order valence-electron chi connectivity index (χ4n) is 3.43. The molecular formula is C24H25Cl2N5O5. The van der Waals surface area contributed by atoms with E-state index in [9.17, 15) is 19.5 Å². The molecule has 1 aromatic heterocycles. The minimum atomic E-state index is -1.32. The van der Waals surface area contributed by atoms with Gasteiger partial charge in [-0.05, 0) is 52.9 Å². The zero-order valence-electron chi connectivity index (χ0n) is 19.3. The zero-order valence-corrected chi connectivity index (χ0v) is 20.8. The van der Waals surface area contributed by atoms with Crippen molar-refractivity contribution in [2.45, 2.75) is 44.7 Å². The van der Waals surface area contributed by atoms with Crippen molar-refractivity contribution < 1.29 is 24.2 Å². The highest BCUT2D eigenvalue weighted by Crippen LogP contribution is 2.26. The third-order valence-corrected chi connectivity index (χ3v) is 6.01. The molecule has 1 amide bonds. The molecule has 0 aliphatic carbocycles. The van der Waals surface area contributed by atoms with E-state index in [-0.39, 0.29) is 19.6 Å². The van der Waals surface area contributed by atoms with E-state index in [1.54, 1.807) is 18.2 Å². The van der Waals surface area contributed by atoms with Gasteiger partial charge in [0.2, 0.25) is 0 Å². The van der Waals surface area contributed by atoms with Gasteiger partial charge in [-0.25, -0.2) is 9.48 Å². The molecule has 0 radical (unpaired) electrons. The van der Waals surface area contributed by atoms with Gasteiger partial charge in [0, 0.05) is 16.5 Å². The Bertz CT molecular complexity index is 1170. The summed E-state index contributed by atoms with van der Waals surface area (Å²) < 4.78 is 6.35. The van der Waals surface area contributed by atoms with Crippen LogP contribution in [-0.2, 0) is 33.7 Å². The molecule has 1 atom stereocenters. The number of rotatable bonds is 13. The minimum absolute atomic E-state index is 0.141. The molecular weight excluding hydrogens is 509 g/mol. The number of nitrogens with one attached hydrogen (secondary N) is 1. The Balaban J connectivity index is 1.53. The van der Waals surface area contributed by atoms with Crippen LogP contribution in [0, 0.1) is 0 Å². The Morgan fingerprint density at radius 3 is 2.44 bits per heavy atom. The number of tetrazole rings is 1. The summed E-state index contributed by atoms with van der Waals surface area (Å²) in [5.74, 6) is -1.55. The number of carbonyl (C=O) groups excluding carboxylic acids is 2. The summed E-state index contributed by atoms with van der Waals surface area (Å²) in [6, 6.07) is 13.6. The number of hydrogen-bond donors (Lipinski definition) is 2. The number of Topliss-reactive ketones (excluding diaryl/α,β-unsaturated/α-hetero) is 1. The van der Waals surface area contributed by atoms with Crippen molar-refractivity contribution in [1.29, 1.82) is 0 Å². The third kappa shape index (κ3) is 8.31. The molecule has 10 nitrogen and oxygen atoms in total. The summed E-state index contributed by atoms with van der Waals surface area (Å²) in [4.78, 5) is 36.3. The van der Waals surface area contributed by atoms with Crippen molar-refractivity contribution in [1.82, 2.24) is 25.5 Å². The lowest BCUT2D eigenvalue weighted by molar-refractivity contribution is -0.139. The van der Waals surface area contributed by atoms with Crippen LogP contribution in [-0.4, -0.2) is 55.8 Å². The van der Waals surface area contributed by atoms with Crippen LogP contribution in [0.1, 0.15) is 36.2 Å². The number of unbranched alkanes of at least 4 members (excludes halogenated alkanes) is 1. The quantitative estimate of drug-likeness (QED) is 0.317. The Labute approximate surface area is 217 Å². The minimum Gasteiger partial charge on any atom is -0.481 e. The maximum absolute atomic E-state index is 12.9. The molecule has 2 aromatic carbocycles. The predicted molar refractivity (Wildman–Crippen MR) is 132 cm³/mol. The molecule has 3 rings (SSSR count). The normalized spacial score (nSPS) is 11.6. The molecule has 0 fully saturated rings. The Hall–Kier alpha value is -3.50. The molecule has 190 valence electrons. The van der Waals surface area contributed by atoms with E-state index in [4.69, 9.17) is 27.9 Å². The Morgan fingerprint density at radius 2 is 1.75 bits per heavy atom. The van der Waals surface area contributed by atoms with Crippen LogP contribution in [0.2, 0.25) is 10.0 Å². The fourth-order valence-corrected chi connectivity index (χ4v) is 3.97. The summed E-state index contributed by atoms with van der Waals surface area (Å²) >= 11 is 12.4. The predicted octanol–water partition coefficient (Wildman–Crippen LogP) is 3.73. The maximum Gasteiger partial charge on any atom is 0.407 e. The molecule has 0 bridgehead atoms. The van der Waals surface area contributed by atoms with Crippen molar-refractivity contribution in [3.8, 4) is 0 Å². The van der Waals surface area contributed by atoms with E-state index >= 15 is 0 Å². The van der Waals surface area contributed by atoms with Gasteiger partial charge in [-0.3, -0.25) is 9.59 Å². The van der Waals surface area contributed by atoms with Gasteiger partial charge in [-0.15, -0.1) is 5.10 Å². The molecule has 1 unspecified atom stereocenters. The highest BCUT2D eigenvalue weighted by atomic mass is 35.5. The number of aromatic nitrogens is 4. The van der Waals surface area contributed by atoms with Gasteiger partial charge in [-0.1, -0.05) is 59.6 Å². The monoisotopic (exact) mass is 533 g/mol. The standard InChI is InChI=1S/C24H25Cl2N5O5/c25-18-10-6-11-19(26)17(18)13-22-28-29-30-31(22)15-21(32)20(14-23(33)34)27-24(35)36-12-5-4-9-16-7-2-1-3-8-16/h1-3,6-8,10-11,20H,4-5,9,12-15H2,(H,27,35)(H,33,34). The number of alkyl carbamates (subject to hydrolysis) is 1. The lowest BCUT2D eigenvalue weighted by Gasteiger charge is -2.16. The number of carbonyl (C=O) groups is 3. The van der Waals surface area contributed by atoms with E-state index in [0.717, 1.165) is 12.8 Å². The maximum atomic E-state index is 12.9. The van der Waals surface area contributed by atoms with Gasteiger partial charge < -0.3 is 15.2 Å². The number of hydrogen-bond acceptors (Lipinski definition) is 7. The van der Waals surface area contributed by atoms with Gasteiger partial charge in [0.1, 0.15) is 12.6 Å². The highest BCUT2D eigenvalue weighted by molar-refractivity contribution is 6.36. The molecule has 3 aromatic rings. The molecule has 1 heterocycles. The first-order valence-corrected chi connectivity index (χ1v) is 12.0. The number of ether oxygens (including phenoxy) is 1. The van der Waals surface area contributed by atoms with Crippen LogP contribution in [0.3, 0.4) is 0 Å². The van der Waals surface area contributed by atoms with Gasteiger partial charge in [0.15, 0.2) is 11.6 Å². The molecule has 0 aliphatic heterocycles. The molecule has 0 saturated carbocycles. The van der Waals surface area contributed by atoms with Gasteiger partial charge >= 0.3 is 12.1 Å². The van der Waals surface area contributed by atoms with E-state index < -0.39 is 30.3 Å². The van der Waals surface area contributed by atoms with Crippen LogP contribution in [0.4, 0.5) is 4.79 Å². The van der Waals surface area contributed by atoms with Gasteiger partial charge in [0.05, 0.1) is 13.0 Å². The van der Waals surface area contributed by atoms with Crippen molar-refractivity contribution in [2.75, 3.05) is 6.61 Å². The summed E-state index contributed by atoms with van der Waals surface area (Å²) in [6.07, 6.45) is 0.954. The first-order chi connectivity index (χ1) is 17.3. The number of nitrogens with zero attached hydrogens (tertiary/aromatic N) is 4. The van der Waals surface area contributed by atoms with Gasteiger partial charge in [0.25, 0.3) is 0 Å². The fraction of sp³-hybridized carbons (Fsp3) is 0.333. The van der Waals surface area contributed by atoms with Crippen molar-refractivity contribution in [3.05, 3.63) is 75.5 Å². The zero-order chi connectivity index (χ0) is 25.9. The topological polar surface area (TPSA) is 136 Å². The van der Waals surface area contributed by atoms with Gasteiger partial charge in [-0.2, -0.15) is 0 Å². The number of aryl methyl sites for hydroxylation is 1. The smallest absolute Gasteiger partial charge is 0.407 e.